The zero-order valence-electron chi connectivity index (χ0n) is 15.7. The fourth-order valence-corrected chi connectivity index (χ4v) is 5.22. The summed E-state index contributed by atoms with van der Waals surface area (Å²) >= 11 is 0. The van der Waals surface area contributed by atoms with Crippen molar-refractivity contribution in [1.82, 2.24) is 4.90 Å². The van der Waals surface area contributed by atoms with Gasteiger partial charge in [-0.3, -0.25) is 9.89 Å². The lowest BCUT2D eigenvalue weighted by Crippen LogP contribution is -2.47. The standard InChI is InChI=1S/C19H32N2O3Si/c1-16(22)13-21-14-17(2)23-25(24-18(3)15-21)11-7-10-20-12-19-8-5-4-6-9-19/h4-6,8-9,12,16-18,22,25H,7,10-11,13-15H2,1-3H3. The lowest BCUT2D eigenvalue weighted by Gasteiger charge is -2.35. The topological polar surface area (TPSA) is 54.3 Å². The highest BCUT2D eigenvalue weighted by Gasteiger charge is 2.26. The summed E-state index contributed by atoms with van der Waals surface area (Å²) in [4.78, 5) is 6.73. The van der Waals surface area contributed by atoms with Crippen molar-refractivity contribution in [1.29, 1.82) is 0 Å². The van der Waals surface area contributed by atoms with E-state index in [1.54, 1.807) is 0 Å². The zero-order chi connectivity index (χ0) is 18.1. The van der Waals surface area contributed by atoms with Crippen molar-refractivity contribution >= 4 is 15.5 Å². The molecule has 1 fully saturated rings. The van der Waals surface area contributed by atoms with Gasteiger partial charge in [0.2, 0.25) is 0 Å². The molecule has 25 heavy (non-hydrogen) atoms. The van der Waals surface area contributed by atoms with Crippen LogP contribution in [0, 0.1) is 0 Å². The van der Waals surface area contributed by atoms with Crippen molar-refractivity contribution in [3.05, 3.63) is 35.9 Å². The van der Waals surface area contributed by atoms with E-state index in [0.717, 1.165) is 37.7 Å². The van der Waals surface area contributed by atoms with Crippen LogP contribution in [0.25, 0.3) is 0 Å². The van der Waals surface area contributed by atoms with E-state index in [4.69, 9.17) is 8.85 Å². The quantitative estimate of drug-likeness (QED) is 0.458. The molecule has 1 heterocycles. The monoisotopic (exact) mass is 364 g/mol. The van der Waals surface area contributed by atoms with Crippen molar-refractivity contribution in [2.24, 2.45) is 4.99 Å². The lowest BCUT2D eigenvalue weighted by atomic mass is 10.2. The molecule has 0 saturated carbocycles. The summed E-state index contributed by atoms with van der Waals surface area (Å²) in [5, 5.41) is 9.61. The fraction of sp³-hybridized carbons (Fsp3) is 0.632. The third kappa shape index (κ3) is 8.24. The van der Waals surface area contributed by atoms with Crippen molar-refractivity contribution in [2.45, 2.75) is 51.5 Å². The summed E-state index contributed by atoms with van der Waals surface area (Å²) in [6, 6.07) is 11.2. The van der Waals surface area contributed by atoms with Crippen molar-refractivity contribution in [3.63, 3.8) is 0 Å². The van der Waals surface area contributed by atoms with Gasteiger partial charge in [0.1, 0.15) is 0 Å². The van der Waals surface area contributed by atoms with E-state index in [0.29, 0.717) is 6.54 Å². The van der Waals surface area contributed by atoms with Gasteiger partial charge in [0.05, 0.1) is 18.3 Å². The second kappa shape index (κ2) is 10.8. The first-order valence-corrected chi connectivity index (χ1v) is 11.0. The molecule has 5 nitrogen and oxygen atoms in total. The number of aliphatic hydroxyl groups is 1. The number of β-amino-alcohol motifs (C(OH)–C–C–N with tert-alkyl or cyclic N) is 1. The summed E-state index contributed by atoms with van der Waals surface area (Å²) in [6.07, 6.45) is 2.90. The minimum absolute atomic E-state index is 0.149. The van der Waals surface area contributed by atoms with E-state index in [9.17, 15) is 5.11 Å². The Bertz CT molecular complexity index is 499. The summed E-state index contributed by atoms with van der Waals surface area (Å²) in [7, 11) is -1.66. The molecule has 140 valence electrons. The van der Waals surface area contributed by atoms with Crippen LogP contribution in [0.3, 0.4) is 0 Å². The molecule has 1 saturated heterocycles. The van der Waals surface area contributed by atoms with Crippen LogP contribution in [0.1, 0.15) is 32.8 Å². The van der Waals surface area contributed by atoms with E-state index in [-0.39, 0.29) is 18.3 Å². The number of aliphatic imine (C=N–C) groups is 1. The van der Waals surface area contributed by atoms with Gasteiger partial charge in [-0.2, -0.15) is 0 Å². The summed E-state index contributed by atoms with van der Waals surface area (Å²) < 4.78 is 12.4. The number of hydrogen-bond donors (Lipinski definition) is 1. The van der Waals surface area contributed by atoms with Gasteiger partial charge in [-0.25, -0.2) is 0 Å². The predicted octanol–water partition coefficient (Wildman–Crippen LogP) is 2.22. The van der Waals surface area contributed by atoms with E-state index in [1.165, 1.54) is 0 Å². The summed E-state index contributed by atoms with van der Waals surface area (Å²) in [6.45, 7) is 9.21. The molecule has 1 aliphatic heterocycles. The molecule has 3 atom stereocenters. The fourth-order valence-electron chi connectivity index (χ4n) is 3.16. The van der Waals surface area contributed by atoms with Gasteiger partial charge in [-0.05, 0) is 38.8 Å². The molecule has 6 heteroatoms. The van der Waals surface area contributed by atoms with Gasteiger partial charge in [0.15, 0.2) is 0 Å². The second-order valence-corrected chi connectivity index (χ2v) is 8.96. The Morgan fingerprint density at radius 2 is 1.88 bits per heavy atom. The van der Waals surface area contributed by atoms with Crippen LogP contribution in [0.15, 0.2) is 35.3 Å². The molecule has 0 aliphatic carbocycles. The highest BCUT2D eigenvalue weighted by Crippen LogP contribution is 2.14. The minimum atomic E-state index is -1.66. The summed E-state index contributed by atoms with van der Waals surface area (Å²) in [5.74, 6) is 0. The van der Waals surface area contributed by atoms with E-state index >= 15 is 0 Å². The Balaban J connectivity index is 1.74. The Kier molecular flexibility index (Phi) is 8.78. The molecule has 0 radical (unpaired) electrons. The summed E-state index contributed by atoms with van der Waals surface area (Å²) in [5.41, 5.74) is 1.14. The smallest absolute Gasteiger partial charge is 0.322 e. The highest BCUT2D eigenvalue weighted by atomic mass is 28.3. The maximum Gasteiger partial charge on any atom is 0.322 e. The molecular weight excluding hydrogens is 332 g/mol. The number of hydrogen-bond acceptors (Lipinski definition) is 5. The van der Waals surface area contributed by atoms with Gasteiger partial charge in [-0.15, -0.1) is 0 Å². The first-order valence-electron chi connectivity index (χ1n) is 9.29. The van der Waals surface area contributed by atoms with E-state index in [2.05, 4.69) is 35.9 Å². The third-order valence-electron chi connectivity index (χ3n) is 4.09. The first-order chi connectivity index (χ1) is 12.0. The van der Waals surface area contributed by atoms with Crippen molar-refractivity contribution in [3.8, 4) is 0 Å². The number of nitrogens with zero attached hydrogens (tertiary/aromatic N) is 2. The van der Waals surface area contributed by atoms with E-state index in [1.807, 2.05) is 31.3 Å². The van der Waals surface area contributed by atoms with Crippen LogP contribution in [-0.4, -0.2) is 70.0 Å². The van der Waals surface area contributed by atoms with Gasteiger partial charge < -0.3 is 14.0 Å². The average Bonchev–Trinajstić information content (AvgIpc) is 2.53. The highest BCUT2D eigenvalue weighted by molar-refractivity contribution is 6.44. The van der Waals surface area contributed by atoms with Crippen LogP contribution in [0.4, 0.5) is 0 Å². The molecule has 1 aliphatic rings. The van der Waals surface area contributed by atoms with Crippen LogP contribution >= 0.6 is 0 Å². The molecule has 2 rings (SSSR count). The van der Waals surface area contributed by atoms with Gasteiger partial charge >= 0.3 is 9.28 Å². The lowest BCUT2D eigenvalue weighted by molar-refractivity contribution is 0.0182. The minimum Gasteiger partial charge on any atom is -0.392 e. The van der Waals surface area contributed by atoms with Gasteiger partial charge in [0.25, 0.3) is 0 Å². The Morgan fingerprint density at radius 1 is 1.24 bits per heavy atom. The molecule has 3 unspecified atom stereocenters. The average molecular weight is 365 g/mol. The molecule has 0 bridgehead atoms. The number of aliphatic hydroxyl groups excluding tert-OH is 1. The molecule has 0 aromatic heterocycles. The first kappa shape index (κ1) is 20.3. The number of benzene rings is 1. The molecule has 1 aromatic carbocycles. The van der Waals surface area contributed by atoms with Crippen molar-refractivity contribution in [2.75, 3.05) is 26.2 Å². The molecule has 1 aromatic rings. The maximum absolute atomic E-state index is 9.61. The SMILES string of the molecule is CC(O)CN1CC(C)O[SiH](CCCN=Cc2ccccc2)OC(C)C1. The molecule has 0 amide bonds. The molecule has 0 spiro atoms. The van der Waals surface area contributed by atoms with E-state index < -0.39 is 9.28 Å². The van der Waals surface area contributed by atoms with Crippen LogP contribution in [0.5, 0.6) is 0 Å². The largest absolute Gasteiger partial charge is 0.392 e. The van der Waals surface area contributed by atoms with Gasteiger partial charge in [-0.1, -0.05) is 30.3 Å². The van der Waals surface area contributed by atoms with Crippen LogP contribution in [-0.2, 0) is 8.85 Å². The predicted molar refractivity (Wildman–Crippen MR) is 105 cm³/mol. The zero-order valence-corrected chi connectivity index (χ0v) is 16.8. The van der Waals surface area contributed by atoms with Gasteiger partial charge in [0, 0.05) is 32.4 Å². The third-order valence-corrected chi connectivity index (χ3v) is 6.50. The second-order valence-electron chi connectivity index (χ2n) is 6.98. The normalized spacial score (nSPS) is 27.1. The Hall–Kier alpha value is -1.05. The molecular formula is C19H32N2O3Si. The van der Waals surface area contributed by atoms with Crippen LogP contribution in [0.2, 0.25) is 6.04 Å². The Morgan fingerprint density at radius 3 is 2.48 bits per heavy atom. The number of rotatable bonds is 7. The molecule has 1 N–H and O–H groups in total. The Labute approximate surface area is 153 Å². The van der Waals surface area contributed by atoms with Crippen LogP contribution < -0.4 is 0 Å². The maximum atomic E-state index is 9.61. The van der Waals surface area contributed by atoms with Crippen molar-refractivity contribution < 1.29 is 14.0 Å².